The van der Waals surface area contributed by atoms with Gasteiger partial charge in [-0.05, 0) is 48.9 Å². The fourth-order valence-corrected chi connectivity index (χ4v) is 3.82. The van der Waals surface area contributed by atoms with Gasteiger partial charge < -0.3 is 14.4 Å². The van der Waals surface area contributed by atoms with Crippen molar-refractivity contribution < 1.29 is 19.1 Å². The topological polar surface area (TPSA) is 55.8 Å². The van der Waals surface area contributed by atoms with Crippen molar-refractivity contribution in [3.8, 4) is 5.75 Å². The van der Waals surface area contributed by atoms with E-state index in [0.717, 1.165) is 31.7 Å². The predicted molar refractivity (Wildman–Crippen MR) is 90.1 cm³/mol. The number of likely N-dealkylation sites (tertiary alicyclic amines) is 1. The normalized spacial score (nSPS) is 23.8. The van der Waals surface area contributed by atoms with Crippen LogP contribution in [0.4, 0.5) is 0 Å². The molecule has 0 amide bonds. The number of rotatable bonds is 5. The van der Waals surface area contributed by atoms with Crippen molar-refractivity contribution in [2.24, 2.45) is 11.8 Å². The number of ketones is 1. The van der Waals surface area contributed by atoms with Crippen molar-refractivity contribution in [3.63, 3.8) is 0 Å². The molecule has 5 heteroatoms. The molecular weight excluding hydrogens is 306 g/mol. The van der Waals surface area contributed by atoms with Gasteiger partial charge in [-0.1, -0.05) is 6.07 Å². The summed E-state index contributed by atoms with van der Waals surface area (Å²) in [7, 11) is 1.69. The third kappa shape index (κ3) is 3.61. The van der Waals surface area contributed by atoms with Crippen LogP contribution >= 0.6 is 0 Å². The zero-order chi connectivity index (χ0) is 17.1. The first-order valence-corrected chi connectivity index (χ1v) is 8.68. The van der Waals surface area contributed by atoms with Gasteiger partial charge in [-0.3, -0.25) is 9.59 Å². The van der Waals surface area contributed by atoms with Crippen molar-refractivity contribution in [1.82, 2.24) is 4.90 Å². The van der Waals surface area contributed by atoms with Crippen LogP contribution in [0.3, 0.4) is 0 Å². The van der Waals surface area contributed by atoms with Gasteiger partial charge in [-0.2, -0.15) is 0 Å². The second kappa shape index (κ2) is 7.34. The Kier molecular flexibility index (Phi) is 5.19. The second-order valence-electron chi connectivity index (χ2n) is 6.69. The molecule has 5 nitrogen and oxygen atoms in total. The molecule has 1 fully saturated rings. The molecule has 1 aliphatic carbocycles. The van der Waals surface area contributed by atoms with Crippen molar-refractivity contribution >= 4 is 11.8 Å². The van der Waals surface area contributed by atoms with E-state index in [0.29, 0.717) is 25.5 Å². The maximum Gasteiger partial charge on any atom is 0.317 e. The Labute approximate surface area is 142 Å². The Hall–Kier alpha value is -1.88. The highest BCUT2D eigenvalue weighted by Gasteiger charge is 2.35. The van der Waals surface area contributed by atoms with E-state index in [9.17, 15) is 9.59 Å². The van der Waals surface area contributed by atoms with E-state index >= 15 is 0 Å². The van der Waals surface area contributed by atoms with Crippen LogP contribution < -0.4 is 4.74 Å². The van der Waals surface area contributed by atoms with Gasteiger partial charge in [0.15, 0.2) is 0 Å². The zero-order valence-corrected chi connectivity index (χ0v) is 14.4. The van der Waals surface area contributed by atoms with E-state index in [1.807, 2.05) is 6.07 Å². The lowest BCUT2D eigenvalue weighted by atomic mass is 9.95. The number of carbonyl (C=O) groups is 2. The van der Waals surface area contributed by atoms with Crippen molar-refractivity contribution in [3.05, 3.63) is 29.3 Å². The first kappa shape index (κ1) is 17.0. The predicted octanol–water partition coefficient (Wildman–Crippen LogP) is 1.86. The highest BCUT2D eigenvalue weighted by Crippen LogP contribution is 2.31. The largest absolute Gasteiger partial charge is 0.497 e. The van der Waals surface area contributed by atoms with Crippen LogP contribution in [0.2, 0.25) is 0 Å². The summed E-state index contributed by atoms with van der Waals surface area (Å²) in [6.45, 7) is 4.24. The molecule has 3 rings (SSSR count). The highest BCUT2D eigenvalue weighted by atomic mass is 16.5. The molecule has 0 aromatic heterocycles. The minimum atomic E-state index is -0.609. The molecule has 1 saturated heterocycles. The number of methoxy groups -OCH3 is 1. The third-order valence-corrected chi connectivity index (χ3v) is 5.02. The summed E-state index contributed by atoms with van der Waals surface area (Å²) in [5, 5.41) is 0. The Balaban J connectivity index is 1.59. The summed E-state index contributed by atoms with van der Waals surface area (Å²) in [4.78, 5) is 26.2. The first-order chi connectivity index (χ1) is 11.6. The van der Waals surface area contributed by atoms with Crippen molar-refractivity contribution in [1.29, 1.82) is 0 Å². The van der Waals surface area contributed by atoms with E-state index in [-0.39, 0.29) is 11.8 Å². The maximum absolute atomic E-state index is 12.0. The average molecular weight is 331 g/mol. The molecular formula is C19H25NO4. The number of Topliss-reactive ketones (excluding diaryl/α,β-unsaturated/α-hetero) is 1. The molecule has 1 heterocycles. The Morgan fingerprint density at radius 2 is 2.08 bits per heavy atom. The van der Waals surface area contributed by atoms with E-state index in [1.165, 1.54) is 11.1 Å². The number of benzene rings is 1. The molecule has 2 atom stereocenters. The van der Waals surface area contributed by atoms with Gasteiger partial charge in [0, 0.05) is 26.1 Å². The van der Waals surface area contributed by atoms with Crippen LogP contribution in [-0.2, 0) is 27.2 Å². The van der Waals surface area contributed by atoms with Gasteiger partial charge in [-0.15, -0.1) is 0 Å². The summed E-state index contributed by atoms with van der Waals surface area (Å²) in [6, 6.07) is 6.28. The molecule has 0 bridgehead atoms. The second-order valence-corrected chi connectivity index (χ2v) is 6.69. The van der Waals surface area contributed by atoms with Gasteiger partial charge in [0.2, 0.25) is 0 Å². The summed E-state index contributed by atoms with van der Waals surface area (Å²) in [5.74, 6) is 0.474. The van der Waals surface area contributed by atoms with E-state index < -0.39 is 5.92 Å². The molecule has 0 saturated carbocycles. The van der Waals surface area contributed by atoms with Crippen molar-refractivity contribution in [2.45, 2.75) is 26.2 Å². The summed E-state index contributed by atoms with van der Waals surface area (Å²) >= 11 is 0. The highest BCUT2D eigenvalue weighted by molar-refractivity contribution is 5.99. The molecule has 24 heavy (non-hydrogen) atoms. The van der Waals surface area contributed by atoms with E-state index in [4.69, 9.17) is 9.47 Å². The molecule has 0 N–H and O–H groups in total. The number of fused-ring (bicyclic) bond motifs is 1. The van der Waals surface area contributed by atoms with Gasteiger partial charge in [-0.25, -0.2) is 0 Å². The van der Waals surface area contributed by atoms with Gasteiger partial charge in [0.25, 0.3) is 0 Å². The summed E-state index contributed by atoms with van der Waals surface area (Å²) < 4.78 is 10.3. The number of nitrogens with zero attached hydrogens (tertiary/aromatic N) is 1. The lowest BCUT2D eigenvalue weighted by Gasteiger charge is -2.32. The van der Waals surface area contributed by atoms with Gasteiger partial charge >= 0.3 is 5.97 Å². The minimum Gasteiger partial charge on any atom is -0.497 e. The first-order valence-electron chi connectivity index (χ1n) is 8.68. The molecule has 0 spiro atoms. The Morgan fingerprint density at radius 1 is 1.29 bits per heavy atom. The fraction of sp³-hybridized carbons (Fsp3) is 0.579. The Morgan fingerprint density at radius 3 is 2.83 bits per heavy atom. The Bertz CT molecular complexity index is 628. The van der Waals surface area contributed by atoms with Crippen LogP contribution in [0.1, 0.15) is 24.5 Å². The summed E-state index contributed by atoms with van der Waals surface area (Å²) in [5.41, 5.74) is 2.74. The summed E-state index contributed by atoms with van der Waals surface area (Å²) in [6.07, 6.45) is 2.52. The quantitative estimate of drug-likeness (QED) is 0.609. The number of hydrogen-bond acceptors (Lipinski definition) is 5. The SMILES string of the molecule is CCOC(=O)C1CN(CC2Cc3ccc(OC)cc3C2)CCC1=O. The number of ether oxygens (including phenoxy) is 2. The lowest BCUT2D eigenvalue weighted by molar-refractivity contribution is -0.154. The molecule has 130 valence electrons. The van der Waals surface area contributed by atoms with Crippen LogP contribution in [-0.4, -0.2) is 50.0 Å². The monoisotopic (exact) mass is 331 g/mol. The molecule has 1 aromatic rings. The van der Waals surface area contributed by atoms with Gasteiger partial charge in [0.05, 0.1) is 13.7 Å². The third-order valence-electron chi connectivity index (χ3n) is 5.02. The minimum absolute atomic E-state index is 0.0177. The molecule has 0 radical (unpaired) electrons. The number of piperidine rings is 1. The molecule has 2 unspecified atom stereocenters. The molecule has 1 aliphatic heterocycles. The van der Waals surface area contributed by atoms with Crippen LogP contribution in [0.5, 0.6) is 5.75 Å². The molecule has 1 aromatic carbocycles. The zero-order valence-electron chi connectivity index (χ0n) is 14.4. The lowest BCUT2D eigenvalue weighted by Crippen LogP contribution is -2.46. The van der Waals surface area contributed by atoms with Gasteiger partial charge in [0.1, 0.15) is 17.5 Å². The van der Waals surface area contributed by atoms with Crippen LogP contribution in [0, 0.1) is 11.8 Å². The number of hydrogen-bond donors (Lipinski definition) is 0. The van der Waals surface area contributed by atoms with Crippen LogP contribution in [0.25, 0.3) is 0 Å². The van der Waals surface area contributed by atoms with E-state index in [1.54, 1.807) is 14.0 Å². The fourth-order valence-electron chi connectivity index (χ4n) is 3.82. The van der Waals surface area contributed by atoms with Crippen molar-refractivity contribution in [2.75, 3.05) is 33.4 Å². The number of carbonyl (C=O) groups excluding carboxylic acids is 2. The van der Waals surface area contributed by atoms with Crippen LogP contribution in [0.15, 0.2) is 18.2 Å². The van der Waals surface area contributed by atoms with E-state index in [2.05, 4.69) is 17.0 Å². The standard InChI is InChI=1S/C19H25NO4/c1-3-24-19(22)17-12-20(7-6-18(17)21)11-13-8-14-4-5-16(23-2)10-15(14)9-13/h4-5,10,13,17H,3,6-9,11-12H2,1-2H3. The maximum atomic E-state index is 12.0. The molecule has 2 aliphatic rings. The smallest absolute Gasteiger partial charge is 0.317 e. The average Bonchev–Trinajstić information content (AvgIpc) is 2.97. The number of esters is 1.